The standard InChI is InChI=1S/C19H23NO2/c1-19(2)10-15-8-13(4-6-17(15)22-19)11-20-18(21)16-9-12-3-5-14(16)7-12/h3-6,8,12,14,16H,7,9-11H2,1-2H3,(H,20,21)/t12-,14+,16-/m1/s1. The van der Waals surface area contributed by atoms with Gasteiger partial charge >= 0.3 is 0 Å². The number of carbonyl (C=O) groups is 1. The Morgan fingerprint density at radius 2 is 2.18 bits per heavy atom. The molecule has 3 heteroatoms. The molecular formula is C19H23NO2. The molecule has 116 valence electrons. The van der Waals surface area contributed by atoms with Crippen molar-refractivity contribution in [3.63, 3.8) is 0 Å². The van der Waals surface area contributed by atoms with Crippen LogP contribution in [0.3, 0.4) is 0 Å². The predicted octanol–water partition coefficient (Wildman–Crippen LogP) is 3.23. The second-order valence-electron chi connectivity index (χ2n) is 7.59. The molecule has 0 spiro atoms. The Hall–Kier alpha value is -1.77. The SMILES string of the molecule is CC1(C)Cc2cc(CNC(=O)[C@@H]3C[C@@H]4C=C[C@H]3C4)ccc2O1. The van der Waals surface area contributed by atoms with E-state index in [1.807, 2.05) is 6.07 Å². The highest BCUT2D eigenvalue weighted by atomic mass is 16.5. The van der Waals surface area contributed by atoms with Gasteiger partial charge in [-0.15, -0.1) is 0 Å². The van der Waals surface area contributed by atoms with Crippen LogP contribution >= 0.6 is 0 Å². The van der Waals surface area contributed by atoms with E-state index in [1.54, 1.807) is 0 Å². The monoisotopic (exact) mass is 297 g/mol. The number of nitrogens with one attached hydrogen (secondary N) is 1. The average molecular weight is 297 g/mol. The van der Waals surface area contributed by atoms with Gasteiger partial charge in [0.15, 0.2) is 0 Å². The third-order valence-corrected chi connectivity index (χ3v) is 5.21. The second kappa shape index (κ2) is 4.87. The topological polar surface area (TPSA) is 38.3 Å². The number of allylic oxidation sites excluding steroid dienone is 2. The van der Waals surface area contributed by atoms with Crippen molar-refractivity contribution in [2.75, 3.05) is 0 Å². The second-order valence-corrected chi connectivity index (χ2v) is 7.59. The Kier molecular flexibility index (Phi) is 3.07. The van der Waals surface area contributed by atoms with Gasteiger partial charge in [-0.3, -0.25) is 4.79 Å². The largest absolute Gasteiger partial charge is 0.487 e. The number of hydrogen-bond acceptors (Lipinski definition) is 2. The first-order valence-electron chi connectivity index (χ1n) is 8.27. The van der Waals surface area contributed by atoms with Gasteiger partial charge in [0.1, 0.15) is 11.4 Å². The van der Waals surface area contributed by atoms with Gasteiger partial charge in [0.05, 0.1) is 0 Å². The average Bonchev–Trinajstić information content (AvgIpc) is 3.15. The Morgan fingerprint density at radius 3 is 2.91 bits per heavy atom. The van der Waals surface area contributed by atoms with Crippen LogP contribution in [0.15, 0.2) is 30.4 Å². The first-order valence-corrected chi connectivity index (χ1v) is 8.27. The highest BCUT2D eigenvalue weighted by Gasteiger charge is 2.39. The summed E-state index contributed by atoms with van der Waals surface area (Å²) in [6.07, 6.45) is 7.63. The molecule has 1 amide bonds. The lowest BCUT2D eigenvalue weighted by Crippen LogP contribution is -2.32. The van der Waals surface area contributed by atoms with E-state index in [1.165, 1.54) is 12.0 Å². The molecule has 1 fully saturated rings. The fraction of sp³-hybridized carbons (Fsp3) is 0.526. The van der Waals surface area contributed by atoms with Gasteiger partial charge in [-0.2, -0.15) is 0 Å². The van der Waals surface area contributed by atoms with Gasteiger partial charge in [-0.25, -0.2) is 0 Å². The predicted molar refractivity (Wildman–Crippen MR) is 85.5 cm³/mol. The Balaban J connectivity index is 1.39. The van der Waals surface area contributed by atoms with E-state index in [4.69, 9.17) is 4.74 Å². The molecule has 2 aliphatic carbocycles. The molecule has 1 aliphatic heterocycles. The van der Waals surface area contributed by atoms with Gasteiger partial charge in [0.25, 0.3) is 0 Å². The van der Waals surface area contributed by atoms with Crippen LogP contribution in [0.25, 0.3) is 0 Å². The van der Waals surface area contributed by atoms with Crippen LogP contribution in [0.1, 0.15) is 37.8 Å². The van der Waals surface area contributed by atoms with E-state index in [9.17, 15) is 4.79 Å². The van der Waals surface area contributed by atoms with Crippen LogP contribution in [0.2, 0.25) is 0 Å². The van der Waals surface area contributed by atoms with Crippen molar-refractivity contribution in [1.82, 2.24) is 5.32 Å². The zero-order chi connectivity index (χ0) is 15.3. The van der Waals surface area contributed by atoms with E-state index in [-0.39, 0.29) is 17.4 Å². The Bertz CT molecular complexity index is 647. The van der Waals surface area contributed by atoms with Gasteiger partial charge < -0.3 is 10.1 Å². The van der Waals surface area contributed by atoms with Crippen molar-refractivity contribution in [3.8, 4) is 5.75 Å². The summed E-state index contributed by atoms with van der Waals surface area (Å²) in [4.78, 5) is 12.4. The van der Waals surface area contributed by atoms with Crippen LogP contribution in [0.4, 0.5) is 0 Å². The van der Waals surface area contributed by atoms with Gasteiger partial charge in [0, 0.05) is 18.9 Å². The minimum atomic E-state index is -0.111. The quantitative estimate of drug-likeness (QED) is 0.870. The van der Waals surface area contributed by atoms with E-state index in [0.29, 0.717) is 18.4 Å². The normalized spacial score (nSPS) is 30.2. The lowest BCUT2D eigenvalue weighted by Gasteiger charge is -2.17. The number of ether oxygens (including phenoxy) is 1. The fourth-order valence-electron chi connectivity index (χ4n) is 4.18. The van der Waals surface area contributed by atoms with Gasteiger partial charge in [0.2, 0.25) is 5.91 Å². The highest BCUT2D eigenvalue weighted by Crippen LogP contribution is 2.43. The highest BCUT2D eigenvalue weighted by molar-refractivity contribution is 5.80. The molecule has 3 atom stereocenters. The van der Waals surface area contributed by atoms with Crippen molar-refractivity contribution in [1.29, 1.82) is 0 Å². The molecule has 2 bridgehead atoms. The Morgan fingerprint density at radius 1 is 1.32 bits per heavy atom. The van der Waals surface area contributed by atoms with E-state index in [0.717, 1.165) is 24.2 Å². The molecular weight excluding hydrogens is 274 g/mol. The van der Waals surface area contributed by atoms with Gasteiger partial charge in [-0.1, -0.05) is 24.3 Å². The van der Waals surface area contributed by atoms with Crippen molar-refractivity contribution in [2.24, 2.45) is 17.8 Å². The third kappa shape index (κ3) is 2.43. The maximum Gasteiger partial charge on any atom is 0.223 e. The zero-order valence-electron chi connectivity index (χ0n) is 13.3. The lowest BCUT2D eigenvalue weighted by atomic mass is 9.93. The van der Waals surface area contributed by atoms with Crippen LogP contribution in [-0.4, -0.2) is 11.5 Å². The molecule has 0 aromatic heterocycles. The summed E-state index contributed by atoms with van der Waals surface area (Å²) in [5, 5.41) is 3.12. The summed E-state index contributed by atoms with van der Waals surface area (Å²) in [5.41, 5.74) is 2.30. The van der Waals surface area contributed by atoms with Crippen LogP contribution in [-0.2, 0) is 17.8 Å². The number of hydrogen-bond donors (Lipinski definition) is 1. The molecule has 1 heterocycles. The fourth-order valence-corrected chi connectivity index (χ4v) is 4.18. The summed E-state index contributed by atoms with van der Waals surface area (Å²) in [6, 6.07) is 6.26. The molecule has 1 saturated carbocycles. The minimum Gasteiger partial charge on any atom is -0.487 e. The van der Waals surface area contributed by atoms with E-state index < -0.39 is 0 Å². The maximum absolute atomic E-state index is 12.4. The molecule has 3 aliphatic rings. The molecule has 22 heavy (non-hydrogen) atoms. The summed E-state index contributed by atoms with van der Waals surface area (Å²) in [5.74, 6) is 2.50. The molecule has 0 unspecified atom stereocenters. The number of rotatable bonds is 3. The smallest absolute Gasteiger partial charge is 0.223 e. The van der Waals surface area contributed by atoms with Gasteiger partial charge in [-0.05, 0) is 55.7 Å². The van der Waals surface area contributed by atoms with E-state index >= 15 is 0 Å². The van der Waals surface area contributed by atoms with Crippen molar-refractivity contribution in [3.05, 3.63) is 41.5 Å². The summed E-state index contributed by atoms with van der Waals surface area (Å²) >= 11 is 0. The third-order valence-electron chi connectivity index (χ3n) is 5.21. The zero-order valence-corrected chi connectivity index (χ0v) is 13.3. The molecule has 1 aromatic rings. The maximum atomic E-state index is 12.4. The summed E-state index contributed by atoms with van der Waals surface area (Å²) in [6.45, 7) is 4.83. The lowest BCUT2D eigenvalue weighted by molar-refractivity contribution is -0.125. The number of amides is 1. The Labute approximate surface area is 131 Å². The molecule has 4 rings (SSSR count). The van der Waals surface area contributed by atoms with Crippen LogP contribution in [0, 0.1) is 17.8 Å². The first kappa shape index (κ1) is 13.9. The molecule has 0 radical (unpaired) electrons. The molecule has 0 saturated heterocycles. The van der Waals surface area contributed by atoms with Crippen molar-refractivity contribution in [2.45, 2.75) is 45.3 Å². The number of fused-ring (bicyclic) bond motifs is 3. The molecule has 1 N–H and O–H groups in total. The summed E-state index contributed by atoms with van der Waals surface area (Å²) in [7, 11) is 0. The number of carbonyl (C=O) groups excluding carboxylic acids is 1. The molecule has 3 nitrogen and oxygen atoms in total. The van der Waals surface area contributed by atoms with Crippen molar-refractivity contribution < 1.29 is 9.53 Å². The van der Waals surface area contributed by atoms with E-state index in [2.05, 4.69) is 43.4 Å². The summed E-state index contributed by atoms with van der Waals surface area (Å²) < 4.78 is 5.89. The van der Waals surface area contributed by atoms with Crippen LogP contribution < -0.4 is 10.1 Å². The first-order chi connectivity index (χ1) is 10.5. The van der Waals surface area contributed by atoms with Crippen molar-refractivity contribution >= 4 is 5.91 Å². The van der Waals surface area contributed by atoms with Crippen LogP contribution in [0.5, 0.6) is 5.75 Å². The minimum absolute atomic E-state index is 0.111. The molecule has 1 aromatic carbocycles. The number of benzene rings is 1.